The second kappa shape index (κ2) is 16.1. The highest BCUT2D eigenvalue weighted by Crippen LogP contribution is 2.13. The Labute approximate surface area is 235 Å². The van der Waals surface area contributed by atoms with Crippen LogP contribution >= 0.6 is 11.8 Å². The lowest BCUT2D eigenvalue weighted by Crippen LogP contribution is -2.58. The van der Waals surface area contributed by atoms with Crippen LogP contribution in [0.15, 0.2) is 54.6 Å². The number of carbonyl (C=O) groups is 5. The fourth-order valence-corrected chi connectivity index (χ4v) is 4.20. The molecule has 12 nitrogen and oxygen atoms in total. The number of hydrogen-bond donors (Lipinski definition) is 7. The first-order valence-corrected chi connectivity index (χ1v) is 13.8. The molecular weight excluding hydrogens is 540 g/mol. The van der Waals surface area contributed by atoms with Gasteiger partial charge in [0.15, 0.2) is 0 Å². The first-order valence-electron chi connectivity index (χ1n) is 12.4. The number of nitrogens with one attached hydrogen (secondary N) is 3. The number of rotatable bonds is 16. The molecule has 0 aliphatic carbocycles. The van der Waals surface area contributed by atoms with E-state index in [1.54, 1.807) is 48.7 Å². The molecule has 0 saturated heterocycles. The second-order valence-corrected chi connectivity index (χ2v) is 10.1. The molecule has 0 radical (unpaired) electrons. The first-order chi connectivity index (χ1) is 19.0. The summed E-state index contributed by atoms with van der Waals surface area (Å²) in [5.74, 6) is -4.39. The molecule has 0 spiro atoms. The maximum Gasteiger partial charge on any atom is 0.326 e. The lowest BCUT2D eigenvalue weighted by molar-refractivity contribution is -0.142. The molecule has 2 aromatic rings. The van der Waals surface area contributed by atoms with Crippen LogP contribution in [0.25, 0.3) is 0 Å². The predicted molar refractivity (Wildman–Crippen MR) is 149 cm³/mol. The molecule has 2 aromatic carbocycles. The van der Waals surface area contributed by atoms with E-state index < -0.39 is 60.2 Å². The van der Waals surface area contributed by atoms with Gasteiger partial charge in [0.05, 0.1) is 12.5 Å². The Balaban J connectivity index is 2.31. The molecule has 0 aromatic heterocycles. The summed E-state index contributed by atoms with van der Waals surface area (Å²) < 4.78 is 0. The van der Waals surface area contributed by atoms with Gasteiger partial charge in [-0.1, -0.05) is 42.5 Å². The van der Waals surface area contributed by atoms with Gasteiger partial charge < -0.3 is 37.0 Å². The summed E-state index contributed by atoms with van der Waals surface area (Å²) in [5, 5.41) is 35.7. The van der Waals surface area contributed by atoms with Crippen LogP contribution < -0.4 is 21.7 Å². The number of thioether (sulfide) groups is 1. The number of phenolic OH excluding ortho intramolecular Hbond substituents is 1. The third-order valence-corrected chi connectivity index (χ3v) is 6.53. The standard InChI is InChI=1S/C27H34N4O8S/c1-40-12-11-20(27(38)39)29-25(36)22(14-17-7-9-18(32)10-8-17)31-26(37)21(13-16-5-3-2-4-6-16)30-24(35)19(28)15-23(33)34/h2-10,19-22,32H,11-15,28H2,1H3,(H,29,36)(H,30,35)(H,31,37)(H,33,34)(H,38,39). The summed E-state index contributed by atoms with van der Waals surface area (Å²) in [4.78, 5) is 62.0. The molecule has 40 heavy (non-hydrogen) atoms. The van der Waals surface area contributed by atoms with Gasteiger partial charge in [-0.3, -0.25) is 19.2 Å². The number of aromatic hydroxyl groups is 1. The van der Waals surface area contributed by atoms with E-state index in [2.05, 4.69) is 16.0 Å². The van der Waals surface area contributed by atoms with Gasteiger partial charge >= 0.3 is 11.9 Å². The maximum absolute atomic E-state index is 13.5. The van der Waals surface area contributed by atoms with Crippen molar-refractivity contribution in [1.29, 1.82) is 0 Å². The molecule has 4 atom stereocenters. The van der Waals surface area contributed by atoms with Crippen molar-refractivity contribution < 1.29 is 39.3 Å². The van der Waals surface area contributed by atoms with Crippen LogP contribution in [0, 0.1) is 0 Å². The van der Waals surface area contributed by atoms with Crippen LogP contribution in [0.5, 0.6) is 5.75 Å². The molecule has 4 unspecified atom stereocenters. The van der Waals surface area contributed by atoms with Crippen molar-refractivity contribution in [1.82, 2.24) is 16.0 Å². The van der Waals surface area contributed by atoms with Crippen molar-refractivity contribution >= 4 is 41.4 Å². The number of carbonyl (C=O) groups excluding carboxylic acids is 3. The predicted octanol–water partition coefficient (Wildman–Crippen LogP) is 0.272. The van der Waals surface area contributed by atoms with Crippen molar-refractivity contribution in [2.75, 3.05) is 12.0 Å². The Morgan fingerprint density at radius 2 is 1.27 bits per heavy atom. The molecule has 13 heteroatoms. The Bertz CT molecular complexity index is 1160. The molecule has 0 bridgehead atoms. The highest BCUT2D eigenvalue weighted by atomic mass is 32.2. The van der Waals surface area contributed by atoms with Gasteiger partial charge in [0.2, 0.25) is 17.7 Å². The number of amides is 3. The summed E-state index contributed by atoms with van der Waals surface area (Å²) in [6, 6.07) is 9.58. The van der Waals surface area contributed by atoms with Gasteiger partial charge in [-0.2, -0.15) is 11.8 Å². The van der Waals surface area contributed by atoms with Crippen LogP contribution in [0.4, 0.5) is 0 Å². The van der Waals surface area contributed by atoms with Crippen molar-refractivity contribution in [3.05, 3.63) is 65.7 Å². The van der Waals surface area contributed by atoms with E-state index in [0.29, 0.717) is 16.9 Å². The Hall–Kier alpha value is -4.10. The highest BCUT2D eigenvalue weighted by molar-refractivity contribution is 7.98. The van der Waals surface area contributed by atoms with Gasteiger partial charge in [-0.05, 0) is 41.7 Å². The van der Waals surface area contributed by atoms with Crippen molar-refractivity contribution in [2.24, 2.45) is 5.73 Å². The molecule has 0 fully saturated rings. The second-order valence-electron chi connectivity index (χ2n) is 9.07. The summed E-state index contributed by atoms with van der Waals surface area (Å²) in [5.41, 5.74) is 6.93. The van der Waals surface area contributed by atoms with Crippen LogP contribution in [-0.4, -0.2) is 81.2 Å². The zero-order valence-corrected chi connectivity index (χ0v) is 22.7. The fraction of sp³-hybridized carbons (Fsp3) is 0.370. The van der Waals surface area contributed by atoms with Gasteiger partial charge in [0.1, 0.15) is 23.9 Å². The van der Waals surface area contributed by atoms with E-state index >= 15 is 0 Å². The van der Waals surface area contributed by atoms with E-state index in [1.807, 2.05) is 0 Å². The Morgan fingerprint density at radius 1 is 0.775 bits per heavy atom. The van der Waals surface area contributed by atoms with Gasteiger partial charge in [0.25, 0.3) is 0 Å². The number of benzene rings is 2. The number of hydrogen-bond acceptors (Lipinski definition) is 8. The van der Waals surface area contributed by atoms with Crippen molar-refractivity contribution in [3.63, 3.8) is 0 Å². The molecule has 0 aliphatic heterocycles. The van der Waals surface area contributed by atoms with Crippen LogP contribution in [-0.2, 0) is 36.8 Å². The van der Waals surface area contributed by atoms with Crippen LogP contribution in [0.2, 0.25) is 0 Å². The monoisotopic (exact) mass is 574 g/mol. The molecule has 8 N–H and O–H groups in total. The van der Waals surface area contributed by atoms with E-state index in [1.165, 1.54) is 23.9 Å². The third-order valence-electron chi connectivity index (χ3n) is 5.88. The molecule has 3 amide bonds. The van der Waals surface area contributed by atoms with Gasteiger partial charge in [-0.25, -0.2) is 4.79 Å². The quantitative estimate of drug-likeness (QED) is 0.146. The smallest absolute Gasteiger partial charge is 0.326 e. The number of nitrogens with two attached hydrogens (primary N) is 1. The van der Waals surface area contributed by atoms with Crippen LogP contribution in [0.1, 0.15) is 24.0 Å². The van der Waals surface area contributed by atoms with E-state index in [4.69, 9.17) is 10.8 Å². The van der Waals surface area contributed by atoms with Gasteiger partial charge in [-0.15, -0.1) is 0 Å². The molecule has 0 heterocycles. The van der Waals surface area contributed by atoms with E-state index in [-0.39, 0.29) is 25.0 Å². The summed E-state index contributed by atoms with van der Waals surface area (Å²) in [6.07, 6.45) is 1.28. The Kier molecular flexibility index (Phi) is 12.9. The first kappa shape index (κ1) is 32.1. The summed E-state index contributed by atoms with van der Waals surface area (Å²) in [6.45, 7) is 0. The molecule has 0 aliphatic rings. The van der Waals surface area contributed by atoms with Crippen LogP contribution in [0.3, 0.4) is 0 Å². The summed E-state index contributed by atoms with van der Waals surface area (Å²) >= 11 is 1.42. The minimum Gasteiger partial charge on any atom is -0.508 e. The zero-order chi connectivity index (χ0) is 29.7. The topological polar surface area (TPSA) is 208 Å². The lowest BCUT2D eigenvalue weighted by atomic mass is 10.0. The maximum atomic E-state index is 13.5. The number of carboxylic acids is 2. The number of phenols is 1. The summed E-state index contributed by atoms with van der Waals surface area (Å²) in [7, 11) is 0. The number of aliphatic carboxylic acids is 2. The van der Waals surface area contributed by atoms with Gasteiger partial charge in [0, 0.05) is 12.8 Å². The van der Waals surface area contributed by atoms with E-state index in [9.17, 15) is 34.2 Å². The minimum atomic E-state index is -1.41. The molecule has 2 rings (SSSR count). The SMILES string of the molecule is CSCCC(NC(=O)C(Cc1ccc(O)cc1)NC(=O)C(Cc1ccccc1)NC(=O)C(N)CC(=O)O)C(=O)O. The van der Waals surface area contributed by atoms with E-state index in [0.717, 1.165) is 0 Å². The molecule has 216 valence electrons. The lowest BCUT2D eigenvalue weighted by Gasteiger charge is -2.25. The van der Waals surface area contributed by atoms with Crippen molar-refractivity contribution in [2.45, 2.75) is 49.9 Å². The number of carboxylic acid groups (broad SMARTS) is 2. The molecular formula is C27H34N4O8S. The Morgan fingerprint density at radius 3 is 1.77 bits per heavy atom. The minimum absolute atomic E-state index is 0.000121. The largest absolute Gasteiger partial charge is 0.508 e. The normalized spacial score (nSPS) is 13.8. The average molecular weight is 575 g/mol. The zero-order valence-electron chi connectivity index (χ0n) is 21.9. The average Bonchev–Trinajstić information content (AvgIpc) is 2.91. The fourth-order valence-electron chi connectivity index (χ4n) is 3.73. The highest BCUT2D eigenvalue weighted by Gasteiger charge is 2.31. The van der Waals surface area contributed by atoms with Crippen molar-refractivity contribution in [3.8, 4) is 5.75 Å². The third kappa shape index (κ3) is 10.9. The molecule has 0 saturated carbocycles.